The highest BCUT2D eigenvalue weighted by Crippen LogP contribution is 2.19. The number of morpholine rings is 1. The van der Waals surface area contributed by atoms with Gasteiger partial charge >= 0.3 is 0 Å². The number of hydrogen-bond acceptors (Lipinski definition) is 4. The molecule has 0 bridgehead atoms. The highest BCUT2D eigenvalue weighted by atomic mass is 19.2. The van der Waals surface area contributed by atoms with Gasteiger partial charge in [-0.05, 0) is 42.5 Å². The molecule has 28 heavy (non-hydrogen) atoms. The molecule has 2 aromatic carbocycles. The largest absolute Gasteiger partial charge is 0.378 e. The van der Waals surface area contributed by atoms with Crippen molar-refractivity contribution in [3.8, 4) is 0 Å². The molecule has 2 aromatic rings. The lowest BCUT2D eigenvalue weighted by atomic mass is 10.2. The second-order valence-corrected chi connectivity index (χ2v) is 6.48. The Morgan fingerprint density at radius 2 is 1.75 bits per heavy atom. The summed E-state index contributed by atoms with van der Waals surface area (Å²) in [6, 6.07) is 10.3. The van der Waals surface area contributed by atoms with Crippen LogP contribution in [-0.4, -0.2) is 56.6 Å². The summed E-state index contributed by atoms with van der Waals surface area (Å²) in [7, 11) is 1.42. The summed E-state index contributed by atoms with van der Waals surface area (Å²) in [5, 5.41) is 2.72. The van der Waals surface area contributed by atoms with Gasteiger partial charge in [-0.3, -0.25) is 9.59 Å². The number of carbonyl (C=O) groups is 2. The van der Waals surface area contributed by atoms with E-state index in [1.165, 1.54) is 13.1 Å². The standard InChI is InChI=1S/C20H21F2N3O3/c1-24(20(27)14-2-7-17(21)18(22)12-14)13-19(26)23-15-3-5-16(6-4-15)25-8-10-28-11-9-25/h2-7,12H,8-11,13H2,1H3,(H,23,26). The highest BCUT2D eigenvalue weighted by molar-refractivity contribution is 5.99. The lowest BCUT2D eigenvalue weighted by Crippen LogP contribution is -2.36. The second-order valence-electron chi connectivity index (χ2n) is 6.48. The zero-order valence-electron chi connectivity index (χ0n) is 15.5. The van der Waals surface area contributed by atoms with E-state index in [-0.39, 0.29) is 12.1 Å². The topological polar surface area (TPSA) is 61.9 Å². The van der Waals surface area contributed by atoms with Crippen LogP contribution < -0.4 is 10.2 Å². The maximum absolute atomic E-state index is 13.3. The van der Waals surface area contributed by atoms with Gasteiger partial charge in [0.05, 0.1) is 19.8 Å². The number of carbonyl (C=O) groups excluding carboxylic acids is 2. The molecule has 0 spiro atoms. The van der Waals surface area contributed by atoms with Crippen LogP contribution in [0.15, 0.2) is 42.5 Å². The van der Waals surface area contributed by atoms with Crippen molar-refractivity contribution >= 4 is 23.2 Å². The molecular formula is C20H21F2N3O3. The van der Waals surface area contributed by atoms with Gasteiger partial charge in [-0.2, -0.15) is 0 Å². The molecule has 1 fully saturated rings. The summed E-state index contributed by atoms with van der Waals surface area (Å²) in [4.78, 5) is 27.8. The number of halogens is 2. The molecule has 148 valence electrons. The highest BCUT2D eigenvalue weighted by Gasteiger charge is 2.17. The smallest absolute Gasteiger partial charge is 0.254 e. The van der Waals surface area contributed by atoms with Crippen LogP contribution >= 0.6 is 0 Å². The predicted molar refractivity (Wildman–Crippen MR) is 101 cm³/mol. The number of ether oxygens (including phenoxy) is 1. The first-order valence-corrected chi connectivity index (χ1v) is 8.87. The predicted octanol–water partition coefficient (Wildman–Crippen LogP) is 2.51. The summed E-state index contributed by atoms with van der Waals surface area (Å²) in [5.41, 5.74) is 1.63. The monoisotopic (exact) mass is 389 g/mol. The third-order valence-corrected chi connectivity index (χ3v) is 4.42. The van der Waals surface area contributed by atoms with E-state index in [0.717, 1.165) is 35.8 Å². The van der Waals surface area contributed by atoms with Crippen LogP contribution in [0, 0.1) is 11.6 Å². The number of amides is 2. The molecule has 0 aliphatic carbocycles. The van der Waals surface area contributed by atoms with Crippen molar-refractivity contribution in [2.24, 2.45) is 0 Å². The Kier molecular flexibility index (Phi) is 6.20. The minimum atomic E-state index is -1.11. The first-order chi connectivity index (χ1) is 13.4. The number of nitrogens with zero attached hydrogens (tertiary/aromatic N) is 2. The van der Waals surface area contributed by atoms with Crippen molar-refractivity contribution in [2.45, 2.75) is 0 Å². The van der Waals surface area contributed by atoms with Crippen LogP contribution in [0.3, 0.4) is 0 Å². The molecule has 1 heterocycles. The van der Waals surface area contributed by atoms with E-state index in [2.05, 4.69) is 10.2 Å². The second kappa shape index (κ2) is 8.79. The van der Waals surface area contributed by atoms with E-state index in [4.69, 9.17) is 4.74 Å². The molecule has 3 rings (SSSR count). The Bertz CT molecular complexity index is 852. The minimum absolute atomic E-state index is 0.0240. The van der Waals surface area contributed by atoms with Gasteiger partial charge < -0.3 is 19.9 Å². The molecule has 1 N–H and O–H groups in total. The van der Waals surface area contributed by atoms with Gasteiger partial charge in [-0.1, -0.05) is 0 Å². The normalized spacial score (nSPS) is 13.9. The van der Waals surface area contributed by atoms with Crippen LogP contribution in [0.5, 0.6) is 0 Å². The van der Waals surface area contributed by atoms with E-state index in [1.807, 2.05) is 12.1 Å². The van der Waals surface area contributed by atoms with E-state index in [0.29, 0.717) is 18.9 Å². The lowest BCUT2D eigenvalue weighted by Gasteiger charge is -2.28. The molecule has 6 nitrogen and oxygen atoms in total. The average molecular weight is 389 g/mol. The quantitative estimate of drug-likeness (QED) is 0.854. The third kappa shape index (κ3) is 4.83. The van der Waals surface area contributed by atoms with Gasteiger partial charge in [0.1, 0.15) is 0 Å². The number of hydrogen-bond donors (Lipinski definition) is 1. The number of rotatable bonds is 5. The van der Waals surface area contributed by atoms with Crippen molar-refractivity contribution < 1.29 is 23.1 Å². The molecule has 1 aliphatic heterocycles. The van der Waals surface area contributed by atoms with Gasteiger partial charge in [0.25, 0.3) is 5.91 Å². The van der Waals surface area contributed by atoms with Crippen LogP contribution in [0.25, 0.3) is 0 Å². The fourth-order valence-corrected chi connectivity index (χ4v) is 2.91. The average Bonchev–Trinajstić information content (AvgIpc) is 2.70. The maximum atomic E-state index is 13.3. The Morgan fingerprint density at radius 1 is 1.07 bits per heavy atom. The Labute approximate surface area is 161 Å². The van der Waals surface area contributed by atoms with E-state index >= 15 is 0 Å². The van der Waals surface area contributed by atoms with Crippen molar-refractivity contribution in [1.29, 1.82) is 0 Å². The van der Waals surface area contributed by atoms with Gasteiger partial charge in [0.2, 0.25) is 5.91 Å². The first kappa shape index (κ1) is 19.8. The van der Waals surface area contributed by atoms with Crippen molar-refractivity contribution in [2.75, 3.05) is 50.1 Å². The van der Waals surface area contributed by atoms with Crippen LogP contribution in [-0.2, 0) is 9.53 Å². The Balaban J connectivity index is 1.55. The molecule has 0 saturated carbocycles. The summed E-state index contributed by atoms with van der Waals surface area (Å²) in [6.07, 6.45) is 0. The molecule has 0 atom stereocenters. The molecule has 0 aromatic heterocycles. The molecule has 0 unspecified atom stereocenters. The Morgan fingerprint density at radius 3 is 2.39 bits per heavy atom. The number of nitrogens with one attached hydrogen (secondary N) is 1. The zero-order valence-corrected chi connectivity index (χ0v) is 15.5. The molecule has 8 heteroatoms. The van der Waals surface area contributed by atoms with Gasteiger partial charge in [0, 0.05) is 37.1 Å². The van der Waals surface area contributed by atoms with Gasteiger partial charge in [0.15, 0.2) is 11.6 Å². The van der Waals surface area contributed by atoms with Crippen LogP contribution in [0.4, 0.5) is 20.2 Å². The van der Waals surface area contributed by atoms with E-state index in [9.17, 15) is 18.4 Å². The fourth-order valence-electron chi connectivity index (χ4n) is 2.91. The zero-order chi connectivity index (χ0) is 20.1. The van der Waals surface area contributed by atoms with Crippen LogP contribution in [0.2, 0.25) is 0 Å². The summed E-state index contributed by atoms with van der Waals surface area (Å²) < 4.78 is 31.6. The molecule has 1 saturated heterocycles. The number of anilines is 2. The van der Waals surface area contributed by atoms with E-state index < -0.39 is 23.4 Å². The van der Waals surface area contributed by atoms with Gasteiger partial charge in [-0.15, -0.1) is 0 Å². The molecule has 2 amide bonds. The van der Waals surface area contributed by atoms with Gasteiger partial charge in [-0.25, -0.2) is 8.78 Å². The minimum Gasteiger partial charge on any atom is -0.378 e. The van der Waals surface area contributed by atoms with Crippen molar-refractivity contribution in [3.63, 3.8) is 0 Å². The summed E-state index contributed by atoms with van der Waals surface area (Å²) in [5.74, 6) is -3.10. The van der Waals surface area contributed by atoms with E-state index in [1.54, 1.807) is 12.1 Å². The molecular weight excluding hydrogens is 368 g/mol. The Hall–Kier alpha value is -3.00. The third-order valence-electron chi connectivity index (χ3n) is 4.42. The maximum Gasteiger partial charge on any atom is 0.254 e. The lowest BCUT2D eigenvalue weighted by molar-refractivity contribution is -0.116. The van der Waals surface area contributed by atoms with Crippen molar-refractivity contribution in [1.82, 2.24) is 4.90 Å². The summed E-state index contributed by atoms with van der Waals surface area (Å²) >= 11 is 0. The molecule has 0 radical (unpaired) electrons. The fraction of sp³-hybridized carbons (Fsp3) is 0.300. The van der Waals surface area contributed by atoms with Crippen LogP contribution in [0.1, 0.15) is 10.4 Å². The van der Waals surface area contributed by atoms with Crippen molar-refractivity contribution in [3.05, 3.63) is 59.7 Å². The summed E-state index contributed by atoms with van der Waals surface area (Å²) in [6.45, 7) is 2.81. The number of benzene rings is 2. The SMILES string of the molecule is CN(CC(=O)Nc1ccc(N2CCOCC2)cc1)C(=O)c1ccc(F)c(F)c1. The number of likely N-dealkylation sites (N-methyl/N-ethyl adjacent to an activating group) is 1. The molecule has 1 aliphatic rings. The first-order valence-electron chi connectivity index (χ1n) is 8.87.